The predicted molar refractivity (Wildman–Crippen MR) is 79.3 cm³/mol. The average molecular weight is 307 g/mol. The minimum atomic E-state index is -0.479. The van der Waals surface area contributed by atoms with Crippen LogP contribution in [0.3, 0.4) is 0 Å². The number of carbonyl (C=O) groups is 1. The van der Waals surface area contributed by atoms with Crippen molar-refractivity contribution in [2.45, 2.75) is 44.8 Å². The zero-order valence-electron chi connectivity index (χ0n) is 12.7. The van der Waals surface area contributed by atoms with E-state index in [1.807, 2.05) is 4.90 Å². The summed E-state index contributed by atoms with van der Waals surface area (Å²) in [6.07, 6.45) is 5.30. The Kier molecular flexibility index (Phi) is 4.10. The third-order valence-electron chi connectivity index (χ3n) is 4.64. The van der Waals surface area contributed by atoms with Gasteiger partial charge < -0.3 is 4.90 Å². The molecule has 0 N–H and O–H groups in total. The summed E-state index contributed by atoms with van der Waals surface area (Å²) in [4.78, 5) is 27.0. The molecule has 0 aromatic carbocycles. The fourth-order valence-electron chi connectivity index (χ4n) is 3.46. The number of amides is 1. The van der Waals surface area contributed by atoms with Gasteiger partial charge in [0, 0.05) is 38.1 Å². The molecule has 0 aliphatic carbocycles. The van der Waals surface area contributed by atoms with E-state index in [0.29, 0.717) is 19.0 Å². The molecular weight excluding hydrogens is 286 g/mol. The van der Waals surface area contributed by atoms with Gasteiger partial charge >= 0.3 is 5.69 Å². The molecule has 1 aromatic rings. The maximum absolute atomic E-state index is 12.4. The van der Waals surface area contributed by atoms with E-state index in [1.165, 1.54) is 29.9 Å². The number of piperazine rings is 1. The van der Waals surface area contributed by atoms with Crippen molar-refractivity contribution in [3.63, 3.8) is 0 Å². The second kappa shape index (κ2) is 6.04. The van der Waals surface area contributed by atoms with Crippen LogP contribution in [0.15, 0.2) is 12.4 Å². The van der Waals surface area contributed by atoms with Gasteiger partial charge in [-0.2, -0.15) is 5.10 Å². The third kappa shape index (κ3) is 2.96. The van der Waals surface area contributed by atoms with Crippen LogP contribution in [0.4, 0.5) is 5.69 Å². The van der Waals surface area contributed by atoms with Gasteiger partial charge in [0.25, 0.3) is 0 Å². The predicted octanol–water partition coefficient (Wildman–Crippen LogP) is 0.876. The topological polar surface area (TPSA) is 84.5 Å². The van der Waals surface area contributed by atoms with Gasteiger partial charge in [0.1, 0.15) is 12.4 Å². The number of hydrogen-bond donors (Lipinski definition) is 0. The Morgan fingerprint density at radius 2 is 2.32 bits per heavy atom. The summed E-state index contributed by atoms with van der Waals surface area (Å²) in [7, 11) is 0. The molecule has 8 heteroatoms. The maximum Gasteiger partial charge on any atom is 0.306 e. The van der Waals surface area contributed by atoms with Gasteiger partial charge in [-0.05, 0) is 26.3 Å². The first-order valence-corrected chi connectivity index (χ1v) is 7.75. The lowest BCUT2D eigenvalue weighted by atomic mass is 10.1. The fraction of sp³-hybridized carbons (Fsp3) is 0.714. The molecule has 2 saturated heterocycles. The Balaban J connectivity index is 1.55. The maximum atomic E-state index is 12.4. The molecule has 0 bridgehead atoms. The number of aromatic nitrogens is 2. The molecule has 3 rings (SSSR count). The summed E-state index contributed by atoms with van der Waals surface area (Å²) < 4.78 is 1.46. The van der Waals surface area contributed by atoms with Crippen molar-refractivity contribution in [3.8, 4) is 0 Å². The molecule has 2 aliphatic heterocycles. The molecule has 0 radical (unpaired) electrons. The Bertz CT molecular complexity index is 573. The number of carbonyl (C=O) groups excluding carboxylic acids is 1. The number of nitro groups is 1. The van der Waals surface area contributed by atoms with Crippen LogP contribution in [0.25, 0.3) is 0 Å². The highest BCUT2D eigenvalue weighted by atomic mass is 16.6. The molecule has 2 fully saturated rings. The van der Waals surface area contributed by atoms with Crippen molar-refractivity contribution >= 4 is 11.6 Å². The smallest absolute Gasteiger partial charge is 0.306 e. The quantitative estimate of drug-likeness (QED) is 0.609. The Morgan fingerprint density at radius 1 is 1.50 bits per heavy atom. The molecule has 3 heterocycles. The minimum Gasteiger partial charge on any atom is -0.337 e. The third-order valence-corrected chi connectivity index (χ3v) is 4.64. The molecule has 0 saturated carbocycles. The largest absolute Gasteiger partial charge is 0.337 e. The highest BCUT2D eigenvalue weighted by Crippen LogP contribution is 2.25. The molecule has 8 nitrogen and oxygen atoms in total. The average Bonchev–Trinajstić information content (AvgIpc) is 3.12. The first-order valence-electron chi connectivity index (χ1n) is 7.75. The number of fused-ring (bicyclic) bond motifs is 1. The normalized spacial score (nSPS) is 25.2. The lowest BCUT2D eigenvalue weighted by Crippen LogP contribution is -2.56. The van der Waals surface area contributed by atoms with Crippen LogP contribution in [0.2, 0.25) is 0 Å². The first-order chi connectivity index (χ1) is 10.5. The van der Waals surface area contributed by atoms with Gasteiger partial charge in [0.2, 0.25) is 5.91 Å². The van der Waals surface area contributed by atoms with Crippen molar-refractivity contribution in [1.29, 1.82) is 0 Å². The molecule has 2 aliphatic rings. The van der Waals surface area contributed by atoms with E-state index in [1.54, 1.807) is 0 Å². The van der Waals surface area contributed by atoms with Crippen LogP contribution in [-0.4, -0.2) is 62.1 Å². The van der Waals surface area contributed by atoms with E-state index in [0.717, 1.165) is 19.6 Å². The van der Waals surface area contributed by atoms with E-state index < -0.39 is 4.92 Å². The zero-order valence-corrected chi connectivity index (χ0v) is 12.7. The summed E-state index contributed by atoms with van der Waals surface area (Å²) in [5.74, 6) is 0.109. The number of aryl methyl sites for hydroxylation is 1. The lowest BCUT2D eigenvalue weighted by molar-refractivity contribution is -0.385. The van der Waals surface area contributed by atoms with Crippen molar-refractivity contribution in [3.05, 3.63) is 22.5 Å². The highest BCUT2D eigenvalue weighted by molar-refractivity contribution is 5.76. The van der Waals surface area contributed by atoms with Crippen LogP contribution in [0.1, 0.15) is 26.2 Å². The van der Waals surface area contributed by atoms with Gasteiger partial charge in [-0.3, -0.25) is 24.5 Å². The molecule has 1 amide bonds. The summed E-state index contributed by atoms with van der Waals surface area (Å²) in [6.45, 7) is 5.37. The van der Waals surface area contributed by atoms with Crippen molar-refractivity contribution in [2.75, 3.05) is 19.6 Å². The number of hydrogen-bond acceptors (Lipinski definition) is 5. The van der Waals surface area contributed by atoms with Crippen LogP contribution in [-0.2, 0) is 11.3 Å². The Morgan fingerprint density at radius 3 is 3.05 bits per heavy atom. The molecular formula is C14H21N5O3. The van der Waals surface area contributed by atoms with Gasteiger partial charge in [0.05, 0.1) is 4.92 Å². The summed E-state index contributed by atoms with van der Waals surface area (Å²) in [5.41, 5.74) is -0.0413. The Labute approximate surface area is 128 Å². The SMILES string of the molecule is CC1CN2CCCC2CN1C(=O)CCn1cc([N+](=O)[O-])cn1. The summed E-state index contributed by atoms with van der Waals surface area (Å²) >= 11 is 0. The van der Waals surface area contributed by atoms with Crippen molar-refractivity contribution < 1.29 is 9.72 Å². The number of nitrogens with zero attached hydrogens (tertiary/aromatic N) is 5. The summed E-state index contributed by atoms with van der Waals surface area (Å²) in [6, 6.07) is 0.736. The van der Waals surface area contributed by atoms with Gasteiger partial charge in [-0.1, -0.05) is 0 Å². The lowest BCUT2D eigenvalue weighted by Gasteiger charge is -2.42. The van der Waals surface area contributed by atoms with Crippen LogP contribution in [0.5, 0.6) is 0 Å². The van der Waals surface area contributed by atoms with Crippen LogP contribution >= 0.6 is 0 Å². The monoisotopic (exact) mass is 307 g/mol. The van der Waals surface area contributed by atoms with Gasteiger partial charge in [0.15, 0.2) is 0 Å². The van der Waals surface area contributed by atoms with E-state index in [9.17, 15) is 14.9 Å². The Hall–Kier alpha value is -1.96. The highest BCUT2D eigenvalue weighted by Gasteiger charge is 2.36. The van der Waals surface area contributed by atoms with Crippen LogP contribution < -0.4 is 0 Å². The fourth-order valence-corrected chi connectivity index (χ4v) is 3.46. The second-order valence-electron chi connectivity index (χ2n) is 6.15. The molecule has 22 heavy (non-hydrogen) atoms. The standard InChI is InChI=1S/C14H21N5O3/c1-11-8-16-5-2-3-12(16)10-18(11)14(20)4-6-17-9-13(7-15-17)19(21)22/h7,9,11-12H,2-6,8,10H2,1H3. The minimum absolute atomic E-state index is 0.0413. The van der Waals surface area contributed by atoms with E-state index in [2.05, 4.69) is 16.9 Å². The molecule has 1 aromatic heterocycles. The molecule has 2 unspecified atom stereocenters. The number of rotatable bonds is 4. The van der Waals surface area contributed by atoms with Gasteiger partial charge in [-0.25, -0.2) is 0 Å². The second-order valence-corrected chi connectivity index (χ2v) is 6.15. The van der Waals surface area contributed by atoms with E-state index in [-0.39, 0.29) is 17.6 Å². The zero-order chi connectivity index (χ0) is 15.7. The molecule has 0 spiro atoms. The van der Waals surface area contributed by atoms with Crippen molar-refractivity contribution in [1.82, 2.24) is 19.6 Å². The van der Waals surface area contributed by atoms with Crippen molar-refractivity contribution in [2.24, 2.45) is 0 Å². The van der Waals surface area contributed by atoms with Gasteiger partial charge in [-0.15, -0.1) is 0 Å². The first kappa shape index (κ1) is 15.0. The van der Waals surface area contributed by atoms with E-state index in [4.69, 9.17) is 0 Å². The van der Waals surface area contributed by atoms with E-state index >= 15 is 0 Å². The van der Waals surface area contributed by atoms with Crippen LogP contribution in [0, 0.1) is 10.1 Å². The summed E-state index contributed by atoms with van der Waals surface area (Å²) in [5, 5.41) is 14.5. The molecule has 120 valence electrons. The molecule has 2 atom stereocenters.